The van der Waals surface area contributed by atoms with Gasteiger partial charge in [0, 0.05) is 27.2 Å². The first-order valence-electron chi connectivity index (χ1n) is 17.7. The fraction of sp³-hybridized carbons (Fsp3) is 0.0204. The lowest BCUT2D eigenvalue weighted by Crippen LogP contribution is -2.35. The van der Waals surface area contributed by atoms with Crippen LogP contribution >= 0.6 is 0 Å². The Hall–Kier alpha value is -6.64. The number of rotatable bonds is 4. The number of benzene rings is 8. The second-order valence-electron chi connectivity index (χ2n) is 13.7. The molecule has 0 radical (unpaired) electrons. The Morgan fingerprint density at radius 2 is 0.902 bits per heavy atom. The molecule has 0 saturated heterocycles. The van der Waals surface area contributed by atoms with Crippen LogP contribution in [0.15, 0.2) is 194 Å². The summed E-state index contributed by atoms with van der Waals surface area (Å²) in [5.41, 5.74) is 14.4. The molecule has 0 aliphatic carbocycles. The third-order valence-corrected chi connectivity index (χ3v) is 11.2. The molecule has 0 spiro atoms. The molecular weight excluding hydrogens is 617 g/mol. The van der Waals surface area contributed by atoms with Crippen molar-refractivity contribution >= 4 is 43.6 Å². The van der Waals surface area contributed by atoms with E-state index in [4.69, 9.17) is 0 Å². The minimum atomic E-state index is -0.471. The summed E-state index contributed by atoms with van der Waals surface area (Å²) in [6, 6.07) is 71.5. The van der Waals surface area contributed by atoms with E-state index in [9.17, 15) is 0 Å². The maximum Gasteiger partial charge on any atom is 0.0742 e. The molecule has 238 valence electrons. The van der Waals surface area contributed by atoms with Crippen LogP contribution in [0.1, 0.15) is 22.3 Å². The largest absolute Gasteiger partial charge is 0.309 e. The van der Waals surface area contributed by atoms with E-state index >= 15 is 0 Å². The smallest absolute Gasteiger partial charge is 0.0742 e. The molecule has 51 heavy (non-hydrogen) atoms. The number of hydrogen-bond acceptors (Lipinski definition) is 0. The van der Waals surface area contributed by atoms with Crippen LogP contribution in [-0.2, 0) is 5.41 Å². The van der Waals surface area contributed by atoms with E-state index in [1.807, 2.05) is 0 Å². The topological polar surface area (TPSA) is 9.86 Å². The standard InChI is InChI=1S/C49H32N2/c1-4-15-35(16-5-1)49(36-17-6-2-7-18-36)42-23-11-13-26-46(42)51-45-30-28-33(31-41(45)40-22-14-24-43(49)48(40)51)34-27-29-39-38-21-10-12-25-44(38)50(47(39)32-34)37-19-8-3-9-20-37/h1-32H. The molecule has 0 N–H and O–H groups in total. The van der Waals surface area contributed by atoms with Gasteiger partial charge in [0.2, 0.25) is 0 Å². The molecule has 2 nitrogen and oxygen atoms in total. The van der Waals surface area contributed by atoms with Crippen molar-refractivity contribution in [1.82, 2.24) is 9.13 Å². The lowest BCUT2D eigenvalue weighted by molar-refractivity contribution is 0.728. The first kappa shape index (κ1) is 28.2. The van der Waals surface area contributed by atoms with Crippen LogP contribution < -0.4 is 0 Å². The summed E-state index contributed by atoms with van der Waals surface area (Å²) in [6.07, 6.45) is 0. The Kier molecular flexibility index (Phi) is 5.91. The average Bonchev–Trinajstić information content (AvgIpc) is 3.72. The van der Waals surface area contributed by atoms with Crippen molar-refractivity contribution in [2.24, 2.45) is 0 Å². The van der Waals surface area contributed by atoms with E-state index in [1.165, 1.54) is 88.4 Å². The lowest BCUT2D eigenvalue weighted by Gasteiger charge is -2.41. The zero-order chi connectivity index (χ0) is 33.5. The van der Waals surface area contributed by atoms with E-state index < -0.39 is 5.41 Å². The minimum Gasteiger partial charge on any atom is -0.309 e. The highest BCUT2D eigenvalue weighted by Crippen LogP contribution is 2.54. The maximum atomic E-state index is 2.51. The summed E-state index contributed by atoms with van der Waals surface area (Å²) < 4.78 is 4.91. The maximum absolute atomic E-state index is 2.51. The zero-order valence-electron chi connectivity index (χ0n) is 27.9. The summed E-state index contributed by atoms with van der Waals surface area (Å²) in [6.45, 7) is 0. The van der Waals surface area contributed by atoms with Crippen LogP contribution in [0.25, 0.3) is 66.1 Å². The fourth-order valence-electron chi connectivity index (χ4n) is 9.10. The van der Waals surface area contributed by atoms with Crippen LogP contribution in [0.4, 0.5) is 0 Å². The Morgan fingerprint density at radius 1 is 0.333 bits per heavy atom. The van der Waals surface area contributed by atoms with Gasteiger partial charge in [0.15, 0.2) is 0 Å². The molecule has 0 unspecified atom stereocenters. The van der Waals surface area contributed by atoms with E-state index in [1.54, 1.807) is 0 Å². The average molecular weight is 649 g/mol. The van der Waals surface area contributed by atoms with Crippen molar-refractivity contribution in [1.29, 1.82) is 0 Å². The number of aromatic nitrogens is 2. The van der Waals surface area contributed by atoms with E-state index in [-0.39, 0.29) is 0 Å². The van der Waals surface area contributed by atoms with E-state index in [2.05, 4.69) is 203 Å². The third-order valence-electron chi connectivity index (χ3n) is 11.2. The molecule has 0 bridgehead atoms. The van der Waals surface area contributed by atoms with Gasteiger partial charge in [-0.05, 0) is 75.8 Å². The van der Waals surface area contributed by atoms with Crippen LogP contribution in [0.2, 0.25) is 0 Å². The molecule has 10 aromatic rings. The molecule has 11 rings (SSSR count). The van der Waals surface area contributed by atoms with Gasteiger partial charge in [0.05, 0.1) is 33.2 Å². The highest BCUT2D eigenvalue weighted by molar-refractivity contribution is 6.14. The third kappa shape index (κ3) is 3.82. The highest BCUT2D eigenvalue weighted by Gasteiger charge is 2.45. The van der Waals surface area contributed by atoms with Crippen LogP contribution in [-0.4, -0.2) is 9.13 Å². The van der Waals surface area contributed by atoms with Gasteiger partial charge in [0.25, 0.3) is 0 Å². The minimum absolute atomic E-state index is 0.471. The van der Waals surface area contributed by atoms with Gasteiger partial charge in [-0.25, -0.2) is 0 Å². The van der Waals surface area contributed by atoms with Gasteiger partial charge in [-0.1, -0.05) is 152 Å². The van der Waals surface area contributed by atoms with Crippen molar-refractivity contribution < 1.29 is 0 Å². The second kappa shape index (κ2) is 10.7. The van der Waals surface area contributed by atoms with Crippen molar-refractivity contribution in [3.8, 4) is 22.5 Å². The van der Waals surface area contributed by atoms with Crippen LogP contribution in [0.3, 0.4) is 0 Å². The summed E-state index contributed by atoms with van der Waals surface area (Å²) in [5, 5.41) is 5.07. The predicted octanol–water partition coefficient (Wildman–Crippen LogP) is 12.2. The van der Waals surface area contributed by atoms with E-state index in [0.717, 1.165) is 0 Å². The van der Waals surface area contributed by atoms with Gasteiger partial charge < -0.3 is 9.13 Å². The second-order valence-corrected chi connectivity index (χ2v) is 13.7. The molecule has 0 atom stereocenters. The summed E-state index contributed by atoms with van der Waals surface area (Å²) in [5.74, 6) is 0. The quantitative estimate of drug-likeness (QED) is 0.180. The van der Waals surface area contributed by atoms with Gasteiger partial charge in [0.1, 0.15) is 0 Å². The Morgan fingerprint density at radius 3 is 1.69 bits per heavy atom. The molecule has 3 heterocycles. The molecule has 1 aliphatic rings. The Bertz CT molecular complexity index is 2910. The fourth-order valence-corrected chi connectivity index (χ4v) is 9.10. The summed E-state index contributed by atoms with van der Waals surface area (Å²) in [7, 11) is 0. The number of nitrogens with zero attached hydrogens (tertiary/aromatic N) is 2. The molecule has 1 aliphatic heterocycles. The Balaban J connectivity index is 1.20. The number of para-hydroxylation sites is 4. The molecule has 0 saturated carbocycles. The first-order valence-corrected chi connectivity index (χ1v) is 17.7. The van der Waals surface area contributed by atoms with Crippen molar-refractivity contribution in [2.45, 2.75) is 5.41 Å². The van der Waals surface area contributed by atoms with Crippen LogP contribution in [0, 0.1) is 0 Å². The molecule has 0 fully saturated rings. The lowest BCUT2D eigenvalue weighted by atomic mass is 9.63. The molecule has 2 aromatic heterocycles. The molecule has 2 heteroatoms. The monoisotopic (exact) mass is 648 g/mol. The normalized spacial score (nSPS) is 13.3. The van der Waals surface area contributed by atoms with Crippen molar-refractivity contribution in [3.05, 3.63) is 216 Å². The van der Waals surface area contributed by atoms with Crippen LogP contribution in [0.5, 0.6) is 0 Å². The summed E-state index contributed by atoms with van der Waals surface area (Å²) in [4.78, 5) is 0. The summed E-state index contributed by atoms with van der Waals surface area (Å²) >= 11 is 0. The van der Waals surface area contributed by atoms with Gasteiger partial charge >= 0.3 is 0 Å². The van der Waals surface area contributed by atoms with Gasteiger partial charge in [-0.15, -0.1) is 0 Å². The van der Waals surface area contributed by atoms with Crippen molar-refractivity contribution in [3.63, 3.8) is 0 Å². The molecular formula is C49H32N2. The number of hydrogen-bond donors (Lipinski definition) is 0. The van der Waals surface area contributed by atoms with Crippen molar-refractivity contribution in [2.75, 3.05) is 0 Å². The first-order chi connectivity index (χ1) is 25.3. The Labute approximate surface area is 296 Å². The van der Waals surface area contributed by atoms with Gasteiger partial charge in [-0.3, -0.25) is 0 Å². The zero-order valence-corrected chi connectivity index (χ0v) is 27.9. The van der Waals surface area contributed by atoms with E-state index in [0.29, 0.717) is 0 Å². The predicted molar refractivity (Wildman–Crippen MR) is 212 cm³/mol. The molecule has 8 aromatic carbocycles. The molecule has 0 amide bonds. The highest BCUT2D eigenvalue weighted by atomic mass is 15.0. The van der Waals surface area contributed by atoms with Gasteiger partial charge in [-0.2, -0.15) is 0 Å². The number of fused-ring (bicyclic) bond motifs is 8. The SMILES string of the molecule is c1ccc(-n2c3ccccc3c3ccc(-c4ccc5c(c4)c4cccc6c4n5-c4ccccc4C6(c4ccccc4)c4ccccc4)cc32)cc1.